The summed E-state index contributed by atoms with van der Waals surface area (Å²) in [4.78, 5) is 22.6. The van der Waals surface area contributed by atoms with Crippen molar-refractivity contribution >= 4 is 17.6 Å². The van der Waals surface area contributed by atoms with Crippen molar-refractivity contribution in [1.82, 2.24) is 0 Å². The van der Waals surface area contributed by atoms with Gasteiger partial charge in [-0.1, -0.05) is 6.07 Å². The number of carbonyl (C=O) groups is 2. The van der Waals surface area contributed by atoms with Crippen LogP contribution < -0.4 is 10.1 Å². The van der Waals surface area contributed by atoms with E-state index in [-0.39, 0.29) is 5.91 Å². The highest BCUT2D eigenvalue weighted by Gasteiger charge is 2.44. The fraction of sp³-hybridized carbons (Fsp3) is 0.429. The van der Waals surface area contributed by atoms with Crippen LogP contribution in [0.3, 0.4) is 0 Å². The molecule has 0 aliphatic heterocycles. The van der Waals surface area contributed by atoms with E-state index < -0.39 is 18.2 Å². The Balaban J connectivity index is 2.00. The van der Waals surface area contributed by atoms with Crippen molar-refractivity contribution in [3.63, 3.8) is 0 Å². The maximum Gasteiger partial charge on any atom is 0.341 e. The van der Waals surface area contributed by atoms with Gasteiger partial charge in [0.1, 0.15) is 11.4 Å². The van der Waals surface area contributed by atoms with Crippen LogP contribution in [0.1, 0.15) is 19.3 Å². The summed E-state index contributed by atoms with van der Waals surface area (Å²) in [7, 11) is 1.53. The van der Waals surface area contributed by atoms with Gasteiger partial charge in [0, 0.05) is 18.9 Å². The third kappa shape index (κ3) is 3.08. The number of aliphatic carboxylic acids is 1. The van der Waals surface area contributed by atoms with Gasteiger partial charge in [0.05, 0.1) is 0 Å². The summed E-state index contributed by atoms with van der Waals surface area (Å²) in [5.41, 5.74) is -0.168. The average Bonchev–Trinajstić information content (AvgIpc) is 2.36. The normalized spacial score (nSPS) is 16.1. The lowest BCUT2D eigenvalue weighted by Crippen LogP contribution is -2.50. The summed E-state index contributed by atoms with van der Waals surface area (Å²) in [6.07, 6.45) is 2.40. The minimum Gasteiger partial charge on any atom is -0.482 e. The van der Waals surface area contributed by atoms with E-state index in [4.69, 9.17) is 14.6 Å². The smallest absolute Gasteiger partial charge is 0.341 e. The summed E-state index contributed by atoms with van der Waals surface area (Å²) in [5.74, 6) is -0.834. The molecule has 1 fully saturated rings. The highest BCUT2D eigenvalue weighted by atomic mass is 16.5. The first kappa shape index (κ1) is 14.3. The van der Waals surface area contributed by atoms with Gasteiger partial charge in [-0.15, -0.1) is 0 Å². The van der Waals surface area contributed by atoms with E-state index in [0.717, 1.165) is 6.42 Å². The van der Waals surface area contributed by atoms with Gasteiger partial charge in [-0.2, -0.15) is 0 Å². The molecule has 6 heteroatoms. The fourth-order valence-corrected chi connectivity index (χ4v) is 2.08. The second-order valence-electron chi connectivity index (χ2n) is 4.72. The summed E-state index contributed by atoms with van der Waals surface area (Å²) < 4.78 is 10.4. The minimum atomic E-state index is -1.05. The van der Waals surface area contributed by atoms with Gasteiger partial charge in [-0.05, 0) is 31.4 Å². The molecule has 2 N–H and O–H groups in total. The minimum absolute atomic E-state index is 0.179. The number of carboxylic acids is 1. The molecule has 1 aliphatic carbocycles. The Morgan fingerprint density at radius 2 is 2.15 bits per heavy atom. The largest absolute Gasteiger partial charge is 0.482 e. The number of hydrogen-bond donors (Lipinski definition) is 2. The Morgan fingerprint density at radius 1 is 1.40 bits per heavy atom. The third-order valence-corrected chi connectivity index (χ3v) is 3.42. The van der Waals surface area contributed by atoms with Crippen molar-refractivity contribution in [3.8, 4) is 5.75 Å². The standard InChI is InChI=1S/C14H17NO5/c1-19-14(6-3-7-14)13(18)15-10-4-2-5-11(8-10)20-9-12(16)17/h2,4-5,8H,3,6-7,9H2,1H3,(H,15,18)(H,16,17). The molecule has 0 saturated heterocycles. The molecule has 0 spiro atoms. The number of carbonyl (C=O) groups excluding carboxylic acids is 1. The number of amides is 1. The van der Waals surface area contributed by atoms with Crippen LogP contribution in [0.4, 0.5) is 5.69 Å². The Bertz CT molecular complexity index is 505. The molecule has 108 valence electrons. The van der Waals surface area contributed by atoms with Crippen molar-refractivity contribution in [1.29, 1.82) is 0 Å². The zero-order chi connectivity index (χ0) is 14.6. The topological polar surface area (TPSA) is 84.9 Å². The number of anilines is 1. The molecule has 1 aromatic rings. The number of rotatable bonds is 6. The first-order valence-corrected chi connectivity index (χ1v) is 6.37. The number of benzene rings is 1. The van der Waals surface area contributed by atoms with Crippen LogP contribution >= 0.6 is 0 Å². The second-order valence-corrected chi connectivity index (χ2v) is 4.72. The van der Waals surface area contributed by atoms with E-state index in [2.05, 4.69) is 5.32 Å². The molecule has 2 rings (SSSR count). The molecule has 1 amide bonds. The van der Waals surface area contributed by atoms with Gasteiger partial charge < -0.3 is 19.9 Å². The molecule has 0 radical (unpaired) electrons. The highest BCUT2D eigenvalue weighted by molar-refractivity contribution is 5.98. The van der Waals surface area contributed by atoms with E-state index in [1.807, 2.05) is 0 Å². The monoisotopic (exact) mass is 279 g/mol. The fourth-order valence-electron chi connectivity index (χ4n) is 2.08. The Labute approximate surface area is 116 Å². The highest BCUT2D eigenvalue weighted by Crippen LogP contribution is 2.36. The lowest BCUT2D eigenvalue weighted by atomic mass is 9.79. The van der Waals surface area contributed by atoms with Crippen LogP contribution in [0, 0.1) is 0 Å². The second kappa shape index (κ2) is 5.92. The van der Waals surface area contributed by atoms with Crippen LogP contribution in [-0.2, 0) is 14.3 Å². The maximum atomic E-state index is 12.2. The summed E-state index contributed by atoms with van der Waals surface area (Å²) in [6.45, 7) is -0.417. The molecule has 6 nitrogen and oxygen atoms in total. The first-order chi connectivity index (χ1) is 9.55. The molecular weight excluding hydrogens is 262 g/mol. The molecule has 0 unspecified atom stereocenters. The Kier molecular flexibility index (Phi) is 4.24. The molecule has 1 aromatic carbocycles. The molecule has 0 bridgehead atoms. The Morgan fingerprint density at radius 3 is 2.70 bits per heavy atom. The van der Waals surface area contributed by atoms with Crippen LogP contribution in [-0.4, -0.2) is 36.3 Å². The van der Waals surface area contributed by atoms with Gasteiger partial charge >= 0.3 is 5.97 Å². The molecule has 0 atom stereocenters. The van der Waals surface area contributed by atoms with Gasteiger partial charge in [0.2, 0.25) is 0 Å². The van der Waals surface area contributed by atoms with E-state index in [0.29, 0.717) is 24.3 Å². The molecular formula is C14H17NO5. The van der Waals surface area contributed by atoms with Crippen molar-refractivity contribution in [3.05, 3.63) is 24.3 Å². The van der Waals surface area contributed by atoms with Crippen LogP contribution in [0.15, 0.2) is 24.3 Å². The van der Waals surface area contributed by atoms with Gasteiger partial charge in [0.25, 0.3) is 5.91 Å². The van der Waals surface area contributed by atoms with Crippen LogP contribution in [0.5, 0.6) is 5.75 Å². The third-order valence-electron chi connectivity index (χ3n) is 3.42. The number of methoxy groups -OCH3 is 1. The lowest BCUT2D eigenvalue weighted by Gasteiger charge is -2.38. The molecule has 0 heterocycles. The van der Waals surface area contributed by atoms with E-state index in [1.54, 1.807) is 24.3 Å². The van der Waals surface area contributed by atoms with Gasteiger partial charge in [0.15, 0.2) is 6.61 Å². The number of nitrogens with one attached hydrogen (secondary N) is 1. The summed E-state index contributed by atoms with van der Waals surface area (Å²) in [5, 5.41) is 11.3. The molecule has 1 saturated carbocycles. The SMILES string of the molecule is COC1(C(=O)Nc2cccc(OCC(=O)O)c2)CCC1. The lowest BCUT2D eigenvalue weighted by molar-refractivity contribution is -0.148. The quantitative estimate of drug-likeness (QED) is 0.827. The zero-order valence-electron chi connectivity index (χ0n) is 11.2. The molecule has 20 heavy (non-hydrogen) atoms. The predicted octanol–water partition coefficient (Wildman–Crippen LogP) is 1.66. The summed E-state index contributed by atoms with van der Waals surface area (Å²) in [6, 6.07) is 6.62. The summed E-state index contributed by atoms with van der Waals surface area (Å²) >= 11 is 0. The van der Waals surface area contributed by atoms with Gasteiger partial charge in [-0.3, -0.25) is 4.79 Å². The van der Waals surface area contributed by atoms with Crippen LogP contribution in [0.25, 0.3) is 0 Å². The number of carboxylic acid groups (broad SMARTS) is 1. The van der Waals surface area contributed by atoms with Crippen LogP contribution in [0.2, 0.25) is 0 Å². The molecule has 0 aromatic heterocycles. The zero-order valence-corrected chi connectivity index (χ0v) is 11.2. The van der Waals surface area contributed by atoms with Crippen molar-refractivity contribution < 1.29 is 24.2 Å². The van der Waals surface area contributed by atoms with Crippen molar-refractivity contribution in [2.45, 2.75) is 24.9 Å². The first-order valence-electron chi connectivity index (χ1n) is 6.37. The Hall–Kier alpha value is -2.08. The van der Waals surface area contributed by atoms with E-state index in [1.165, 1.54) is 7.11 Å². The number of hydrogen-bond acceptors (Lipinski definition) is 4. The average molecular weight is 279 g/mol. The predicted molar refractivity (Wildman–Crippen MR) is 71.8 cm³/mol. The van der Waals surface area contributed by atoms with Crippen molar-refractivity contribution in [2.75, 3.05) is 19.0 Å². The van der Waals surface area contributed by atoms with E-state index >= 15 is 0 Å². The van der Waals surface area contributed by atoms with Gasteiger partial charge in [-0.25, -0.2) is 4.79 Å². The maximum absolute atomic E-state index is 12.2. The van der Waals surface area contributed by atoms with E-state index in [9.17, 15) is 9.59 Å². The molecule has 1 aliphatic rings. The van der Waals surface area contributed by atoms with Crippen molar-refractivity contribution in [2.24, 2.45) is 0 Å². The number of ether oxygens (including phenoxy) is 2.